The molecule has 1 rings (SSSR count). The van der Waals surface area contributed by atoms with Gasteiger partial charge in [-0.3, -0.25) is 0 Å². The molecule has 1 radical (unpaired) electrons. The molecule has 71 valence electrons. The predicted molar refractivity (Wildman–Crippen MR) is 48.5 cm³/mol. The number of rotatable bonds is 0. The first kappa shape index (κ1) is 10.0. The number of hydrogen-bond donors (Lipinski definition) is 0. The molecule has 1 fully saturated rings. The summed E-state index contributed by atoms with van der Waals surface area (Å²) in [6, 6.07) is 0. The van der Waals surface area contributed by atoms with Crippen LogP contribution in [-0.2, 0) is 9.78 Å². The van der Waals surface area contributed by atoms with E-state index in [0.29, 0.717) is 0 Å². The minimum Gasteiger partial charge on any atom is -0.237 e. The Morgan fingerprint density at radius 2 is 1.25 bits per heavy atom. The van der Waals surface area contributed by atoms with Crippen LogP contribution in [0.2, 0.25) is 0 Å². The zero-order valence-corrected chi connectivity index (χ0v) is 7.76. The highest BCUT2D eigenvalue weighted by atomic mass is 17.2. The molecule has 0 atom stereocenters. The largest absolute Gasteiger partial charge is 0.237 e. The van der Waals surface area contributed by atoms with E-state index in [4.69, 9.17) is 9.78 Å². The molecule has 0 aromatic heterocycles. The monoisotopic (exact) mass is 171 g/mol. The lowest BCUT2D eigenvalue weighted by atomic mass is 10.1. The van der Waals surface area contributed by atoms with Crippen molar-refractivity contribution in [2.75, 3.05) is 13.2 Å². The van der Waals surface area contributed by atoms with E-state index in [-0.39, 0.29) is 0 Å². The van der Waals surface area contributed by atoms with Crippen molar-refractivity contribution in [1.82, 2.24) is 0 Å². The summed E-state index contributed by atoms with van der Waals surface area (Å²) in [6.45, 7) is 1.52. The molecule has 1 aliphatic rings. The molecule has 0 bridgehead atoms. The smallest absolute Gasteiger partial charge is 0.0822 e. The lowest BCUT2D eigenvalue weighted by Gasteiger charge is -2.06. The second-order valence-corrected chi connectivity index (χ2v) is 3.28. The Labute approximate surface area is 75.2 Å². The SMILES string of the molecule is [CH]1CCCCCOOCCCC1. The first-order chi connectivity index (χ1) is 6.00. The minimum absolute atomic E-state index is 0.758. The van der Waals surface area contributed by atoms with Crippen molar-refractivity contribution in [2.45, 2.75) is 44.9 Å². The zero-order chi connectivity index (χ0) is 8.49. The van der Waals surface area contributed by atoms with Gasteiger partial charge in [0.05, 0.1) is 13.2 Å². The molecular formula is C10H19O2. The summed E-state index contributed by atoms with van der Waals surface area (Å²) in [5.41, 5.74) is 0. The lowest BCUT2D eigenvalue weighted by molar-refractivity contribution is -0.295. The lowest BCUT2D eigenvalue weighted by Crippen LogP contribution is -2.00. The summed E-state index contributed by atoms with van der Waals surface area (Å²) >= 11 is 0. The standard InChI is InChI=1S/C10H19O2/c1-2-4-6-8-10-12-11-9-7-5-3-1/h1H,2-10H2. The third-order valence-corrected chi connectivity index (χ3v) is 2.11. The van der Waals surface area contributed by atoms with Crippen molar-refractivity contribution < 1.29 is 9.78 Å². The van der Waals surface area contributed by atoms with Gasteiger partial charge in [-0.15, -0.1) is 0 Å². The van der Waals surface area contributed by atoms with Crippen molar-refractivity contribution in [3.63, 3.8) is 0 Å². The highest BCUT2D eigenvalue weighted by Gasteiger charge is 1.96. The molecule has 0 spiro atoms. The zero-order valence-electron chi connectivity index (χ0n) is 7.76. The van der Waals surface area contributed by atoms with Gasteiger partial charge in [0.25, 0.3) is 0 Å². The van der Waals surface area contributed by atoms with Crippen LogP contribution in [0.25, 0.3) is 0 Å². The average molecular weight is 171 g/mol. The van der Waals surface area contributed by atoms with E-state index >= 15 is 0 Å². The van der Waals surface area contributed by atoms with Gasteiger partial charge < -0.3 is 0 Å². The summed E-state index contributed by atoms with van der Waals surface area (Å²) in [5.74, 6) is 0. The molecule has 0 N–H and O–H groups in total. The van der Waals surface area contributed by atoms with Crippen LogP contribution in [0.4, 0.5) is 0 Å². The predicted octanol–water partition coefficient (Wildman–Crippen LogP) is 2.88. The maximum Gasteiger partial charge on any atom is 0.0822 e. The molecule has 12 heavy (non-hydrogen) atoms. The van der Waals surface area contributed by atoms with Crippen LogP contribution in [0.1, 0.15) is 44.9 Å². The highest BCUT2D eigenvalue weighted by Crippen LogP contribution is 2.09. The Hall–Kier alpha value is -0.0800. The van der Waals surface area contributed by atoms with Gasteiger partial charge in [0.1, 0.15) is 0 Å². The van der Waals surface area contributed by atoms with Crippen molar-refractivity contribution >= 4 is 0 Å². The average Bonchev–Trinajstić information content (AvgIpc) is 2.05. The maximum atomic E-state index is 5.00. The van der Waals surface area contributed by atoms with Crippen molar-refractivity contribution in [1.29, 1.82) is 0 Å². The molecule has 0 unspecified atom stereocenters. The van der Waals surface area contributed by atoms with E-state index in [2.05, 4.69) is 6.42 Å². The molecule has 1 aliphatic heterocycles. The number of hydrogen-bond acceptors (Lipinski definition) is 2. The van der Waals surface area contributed by atoms with Gasteiger partial charge in [-0.25, -0.2) is 9.78 Å². The fraction of sp³-hybridized carbons (Fsp3) is 0.900. The van der Waals surface area contributed by atoms with Crippen molar-refractivity contribution in [3.05, 3.63) is 6.42 Å². The van der Waals surface area contributed by atoms with Gasteiger partial charge in [-0.2, -0.15) is 0 Å². The first-order valence-corrected chi connectivity index (χ1v) is 5.06. The van der Waals surface area contributed by atoms with Crippen LogP contribution in [0.15, 0.2) is 0 Å². The third-order valence-electron chi connectivity index (χ3n) is 2.11. The summed E-state index contributed by atoms with van der Waals surface area (Å²) in [4.78, 5) is 9.99. The second-order valence-electron chi connectivity index (χ2n) is 3.28. The highest BCUT2D eigenvalue weighted by molar-refractivity contribution is 4.64. The molecule has 1 saturated heterocycles. The summed E-state index contributed by atoms with van der Waals surface area (Å²) < 4.78 is 0. The van der Waals surface area contributed by atoms with Gasteiger partial charge >= 0.3 is 0 Å². The molecule has 2 heteroatoms. The summed E-state index contributed by atoms with van der Waals surface area (Å²) in [6.07, 6.45) is 11.0. The van der Waals surface area contributed by atoms with E-state index in [0.717, 1.165) is 26.1 Å². The van der Waals surface area contributed by atoms with Gasteiger partial charge in [0.2, 0.25) is 0 Å². The minimum atomic E-state index is 0.758. The molecule has 0 aromatic rings. The molecular weight excluding hydrogens is 152 g/mol. The first-order valence-electron chi connectivity index (χ1n) is 5.06. The van der Waals surface area contributed by atoms with E-state index in [1.165, 1.54) is 32.1 Å². The van der Waals surface area contributed by atoms with Gasteiger partial charge in [0.15, 0.2) is 0 Å². The van der Waals surface area contributed by atoms with Crippen molar-refractivity contribution in [3.8, 4) is 0 Å². The fourth-order valence-electron chi connectivity index (χ4n) is 1.34. The van der Waals surface area contributed by atoms with Crippen LogP contribution in [0.5, 0.6) is 0 Å². The molecule has 2 nitrogen and oxygen atoms in total. The summed E-state index contributed by atoms with van der Waals surface area (Å²) in [7, 11) is 0. The van der Waals surface area contributed by atoms with Gasteiger partial charge in [-0.1, -0.05) is 32.1 Å². The van der Waals surface area contributed by atoms with Crippen LogP contribution < -0.4 is 0 Å². The van der Waals surface area contributed by atoms with Crippen LogP contribution in [0, 0.1) is 6.42 Å². The Morgan fingerprint density at radius 1 is 0.667 bits per heavy atom. The van der Waals surface area contributed by atoms with Gasteiger partial charge in [0, 0.05) is 0 Å². The fourth-order valence-corrected chi connectivity index (χ4v) is 1.34. The summed E-state index contributed by atoms with van der Waals surface area (Å²) in [5, 5.41) is 0. The molecule has 0 aromatic carbocycles. The Balaban J connectivity index is 2.00. The van der Waals surface area contributed by atoms with E-state index < -0.39 is 0 Å². The van der Waals surface area contributed by atoms with Crippen molar-refractivity contribution in [2.24, 2.45) is 0 Å². The van der Waals surface area contributed by atoms with E-state index in [9.17, 15) is 0 Å². The third kappa shape index (κ3) is 5.56. The van der Waals surface area contributed by atoms with Crippen LogP contribution in [0.3, 0.4) is 0 Å². The van der Waals surface area contributed by atoms with E-state index in [1.54, 1.807) is 0 Å². The van der Waals surface area contributed by atoms with Gasteiger partial charge in [-0.05, 0) is 19.3 Å². The Bertz CT molecular complexity index is 50.8. The Kier molecular flexibility index (Phi) is 6.30. The van der Waals surface area contributed by atoms with Crippen LogP contribution >= 0.6 is 0 Å². The molecule has 1 heterocycles. The normalized spacial score (nSPS) is 24.0. The van der Waals surface area contributed by atoms with Crippen LogP contribution in [-0.4, -0.2) is 13.2 Å². The second kappa shape index (κ2) is 7.56. The quantitative estimate of drug-likeness (QED) is 0.522. The maximum absolute atomic E-state index is 5.00. The molecule has 0 saturated carbocycles. The Morgan fingerprint density at radius 3 is 2.00 bits per heavy atom. The molecule has 0 aliphatic carbocycles. The van der Waals surface area contributed by atoms with E-state index in [1.807, 2.05) is 0 Å². The topological polar surface area (TPSA) is 18.5 Å². The molecule has 0 amide bonds.